The molecule has 6 nitrogen and oxygen atoms in total. The second-order valence-corrected chi connectivity index (χ2v) is 4.88. The summed E-state index contributed by atoms with van der Waals surface area (Å²) in [6.45, 7) is -0.460. The van der Waals surface area contributed by atoms with Crippen LogP contribution in [-0.2, 0) is 9.59 Å². The lowest BCUT2D eigenvalue weighted by molar-refractivity contribution is -0.139. The van der Waals surface area contributed by atoms with Crippen molar-refractivity contribution >= 4 is 23.6 Å². The molecule has 0 aliphatic carbocycles. The molecule has 0 aromatic heterocycles. The molecule has 0 aliphatic heterocycles. The lowest BCUT2D eigenvalue weighted by Gasteiger charge is -2.05. The van der Waals surface area contributed by atoms with Gasteiger partial charge in [-0.05, 0) is 48.0 Å². The van der Waals surface area contributed by atoms with Gasteiger partial charge in [-0.3, -0.25) is 4.79 Å². The summed E-state index contributed by atoms with van der Waals surface area (Å²) in [5, 5.41) is 20.2. The van der Waals surface area contributed by atoms with Crippen LogP contribution in [0.1, 0.15) is 5.56 Å². The zero-order chi connectivity index (χ0) is 18.2. The van der Waals surface area contributed by atoms with Crippen LogP contribution in [0, 0.1) is 17.1 Å². The third kappa shape index (κ3) is 5.48. The van der Waals surface area contributed by atoms with Gasteiger partial charge in [0.15, 0.2) is 6.61 Å². The van der Waals surface area contributed by atoms with Gasteiger partial charge in [0.1, 0.15) is 23.2 Å². The molecule has 2 aromatic rings. The van der Waals surface area contributed by atoms with Crippen LogP contribution in [0.3, 0.4) is 0 Å². The minimum Gasteiger partial charge on any atom is -0.482 e. The summed E-state index contributed by atoms with van der Waals surface area (Å²) < 4.78 is 17.8. The molecule has 0 saturated carbocycles. The number of nitrogens with zero attached hydrogens (tertiary/aromatic N) is 1. The standard InChI is InChI=1S/C18H13FN2O4/c19-14-3-5-15(6-4-14)21-18(24)13(10-20)9-12-1-7-16(8-2-12)25-11-17(22)23/h1-9H,11H2,(H,21,24)(H,22,23)/b13-9+. The molecule has 0 radical (unpaired) electrons. The van der Waals surface area contributed by atoms with Gasteiger partial charge in [-0.2, -0.15) is 5.26 Å². The summed E-state index contributed by atoms with van der Waals surface area (Å²) >= 11 is 0. The number of carboxylic acid groups (broad SMARTS) is 1. The molecule has 0 unspecified atom stereocenters. The Labute approximate surface area is 142 Å². The Balaban J connectivity index is 2.08. The van der Waals surface area contributed by atoms with Crippen molar-refractivity contribution in [3.63, 3.8) is 0 Å². The lowest BCUT2D eigenvalue weighted by atomic mass is 10.1. The summed E-state index contributed by atoms with van der Waals surface area (Å²) in [4.78, 5) is 22.5. The maximum Gasteiger partial charge on any atom is 0.341 e. The number of carbonyl (C=O) groups excluding carboxylic acids is 1. The summed E-state index contributed by atoms with van der Waals surface area (Å²) in [5.74, 6) is -1.79. The van der Waals surface area contributed by atoms with Gasteiger partial charge in [0, 0.05) is 5.69 Å². The second kappa shape index (κ2) is 8.26. The van der Waals surface area contributed by atoms with Gasteiger partial charge in [-0.15, -0.1) is 0 Å². The fraction of sp³-hybridized carbons (Fsp3) is 0.0556. The third-order valence-electron chi connectivity index (χ3n) is 3.02. The number of benzene rings is 2. The highest BCUT2D eigenvalue weighted by molar-refractivity contribution is 6.09. The van der Waals surface area contributed by atoms with E-state index < -0.39 is 24.3 Å². The molecule has 0 heterocycles. The van der Waals surface area contributed by atoms with Crippen molar-refractivity contribution in [2.24, 2.45) is 0 Å². The number of halogens is 1. The molecule has 1 amide bonds. The predicted octanol–water partition coefficient (Wildman–Crippen LogP) is 2.83. The Morgan fingerprint density at radius 2 is 1.80 bits per heavy atom. The summed E-state index contributed by atoms with van der Waals surface area (Å²) in [5.41, 5.74) is 0.793. The van der Waals surface area contributed by atoms with Crippen LogP contribution in [-0.4, -0.2) is 23.6 Å². The minimum absolute atomic E-state index is 0.136. The van der Waals surface area contributed by atoms with Crippen molar-refractivity contribution in [3.8, 4) is 11.8 Å². The van der Waals surface area contributed by atoms with Gasteiger partial charge in [-0.1, -0.05) is 12.1 Å². The highest BCUT2D eigenvalue weighted by Gasteiger charge is 2.09. The first kappa shape index (κ1) is 17.7. The quantitative estimate of drug-likeness (QED) is 0.622. The zero-order valence-electron chi connectivity index (χ0n) is 12.9. The van der Waals surface area contributed by atoms with E-state index in [1.165, 1.54) is 42.5 Å². The number of rotatable bonds is 6. The number of nitriles is 1. The van der Waals surface area contributed by atoms with E-state index in [9.17, 15) is 14.0 Å². The Hall–Kier alpha value is -3.66. The molecule has 0 saturated heterocycles. The van der Waals surface area contributed by atoms with E-state index in [1.54, 1.807) is 18.2 Å². The van der Waals surface area contributed by atoms with E-state index in [1.807, 2.05) is 0 Å². The third-order valence-corrected chi connectivity index (χ3v) is 3.02. The average molecular weight is 340 g/mol. The average Bonchev–Trinajstić information content (AvgIpc) is 2.60. The largest absolute Gasteiger partial charge is 0.482 e. The lowest BCUT2D eigenvalue weighted by Crippen LogP contribution is -2.13. The number of hydrogen-bond acceptors (Lipinski definition) is 4. The summed E-state index contributed by atoms with van der Waals surface area (Å²) in [6, 6.07) is 13.2. The van der Waals surface area contributed by atoms with Crippen LogP contribution in [0.2, 0.25) is 0 Å². The Morgan fingerprint density at radius 1 is 1.16 bits per heavy atom. The zero-order valence-corrected chi connectivity index (χ0v) is 12.9. The Bertz CT molecular complexity index is 837. The first-order chi connectivity index (χ1) is 12.0. The number of amides is 1. The number of aliphatic carboxylic acids is 1. The van der Waals surface area contributed by atoms with E-state index in [-0.39, 0.29) is 5.57 Å². The molecule has 0 atom stereocenters. The van der Waals surface area contributed by atoms with E-state index >= 15 is 0 Å². The van der Waals surface area contributed by atoms with Crippen LogP contribution in [0.25, 0.3) is 6.08 Å². The van der Waals surface area contributed by atoms with Crippen molar-refractivity contribution in [2.45, 2.75) is 0 Å². The van der Waals surface area contributed by atoms with E-state index in [0.29, 0.717) is 17.0 Å². The summed E-state index contributed by atoms with van der Waals surface area (Å²) in [6.07, 6.45) is 1.37. The molecule has 0 bridgehead atoms. The summed E-state index contributed by atoms with van der Waals surface area (Å²) in [7, 11) is 0. The van der Waals surface area contributed by atoms with E-state index in [2.05, 4.69) is 5.32 Å². The fourth-order valence-electron chi connectivity index (χ4n) is 1.85. The maximum absolute atomic E-state index is 12.8. The number of carbonyl (C=O) groups is 2. The molecule has 2 aromatic carbocycles. The van der Waals surface area contributed by atoms with E-state index in [4.69, 9.17) is 15.1 Å². The van der Waals surface area contributed by atoms with Gasteiger partial charge >= 0.3 is 5.97 Å². The monoisotopic (exact) mass is 340 g/mol. The molecule has 0 aliphatic rings. The molecule has 0 fully saturated rings. The molecule has 0 spiro atoms. The Morgan fingerprint density at radius 3 is 2.36 bits per heavy atom. The SMILES string of the molecule is N#C/C(=C\c1ccc(OCC(=O)O)cc1)C(=O)Nc1ccc(F)cc1. The molecular weight excluding hydrogens is 327 g/mol. The maximum atomic E-state index is 12.8. The van der Waals surface area contributed by atoms with Gasteiger partial charge in [0.2, 0.25) is 0 Å². The smallest absolute Gasteiger partial charge is 0.341 e. The Kier molecular flexibility index (Phi) is 5.85. The number of ether oxygens (including phenoxy) is 1. The van der Waals surface area contributed by atoms with Gasteiger partial charge in [-0.25, -0.2) is 9.18 Å². The topological polar surface area (TPSA) is 99.4 Å². The first-order valence-electron chi connectivity index (χ1n) is 7.11. The van der Waals surface area contributed by atoms with Crippen LogP contribution in [0.5, 0.6) is 5.75 Å². The van der Waals surface area contributed by atoms with Crippen molar-refractivity contribution in [1.29, 1.82) is 5.26 Å². The molecule has 7 heteroatoms. The van der Waals surface area contributed by atoms with Crippen LogP contribution in [0.4, 0.5) is 10.1 Å². The highest BCUT2D eigenvalue weighted by Crippen LogP contribution is 2.16. The van der Waals surface area contributed by atoms with E-state index in [0.717, 1.165) is 0 Å². The van der Waals surface area contributed by atoms with Gasteiger partial charge < -0.3 is 15.2 Å². The molecular formula is C18H13FN2O4. The normalized spacial score (nSPS) is 10.6. The first-order valence-corrected chi connectivity index (χ1v) is 7.11. The number of hydrogen-bond donors (Lipinski definition) is 2. The molecule has 25 heavy (non-hydrogen) atoms. The van der Waals surface area contributed by atoms with Crippen molar-refractivity contribution in [1.82, 2.24) is 0 Å². The number of nitrogens with one attached hydrogen (secondary N) is 1. The molecule has 2 N–H and O–H groups in total. The van der Waals surface area contributed by atoms with Crippen LogP contribution >= 0.6 is 0 Å². The van der Waals surface area contributed by atoms with Crippen LogP contribution in [0.15, 0.2) is 54.1 Å². The van der Waals surface area contributed by atoms with Crippen molar-refractivity contribution < 1.29 is 23.8 Å². The van der Waals surface area contributed by atoms with Crippen molar-refractivity contribution in [3.05, 3.63) is 65.5 Å². The fourth-order valence-corrected chi connectivity index (χ4v) is 1.85. The van der Waals surface area contributed by atoms with Crippen molar-refractivity contribution in [2.75, 3.05) is 11.9 Å². The predicted molar refractivity (Wildman–Crippen MR) is 88.2 cm³/mol. The van der Waals surface area contributed by atoms with Crippen LogP contribution < -0.4 is 10.1 Å². The van der Waals surface area contributed by atoms with Gasteiger partial charge in [0.25, 0.3) is 5.91 Å². The molecule has 2 rings (SSSR count). The number of carboxylic acids is 1. The highest BCUT2D eigenvalue weighted by atomic mass is 19.1. The van der Waals surface area contributed by atoms with Gasteiger partial charge in [0.05, 0.1) is 0 Å². The minimum atomic E-state index is -1.09. The number of anilines is 1. The second-order valence-electron chi connectivity index (χ2n) is 4.88. The molecule has 126 valence electrons.